The van der Waals surface area contributed by atoms with Gasteiger partial charge in [-0.2, -0.15) is 26.3 Å². The molecular weight excluding hydrogens is 568 g/mol. The molecule has 1 amide bonds. The fraction of sp³-hybridized carbons (Fsp3) is 0.320. The van der Waals surface area contributed by atoms with Crippen LogP contribution in [0.25, 0.3) is 11.1 Å². The Balaban J connectivity index is 0.000000333. The van der Waals surface area contributed by atoms with E-state index >= 15 is 0 Å². The van der Waals surface area contributed by atoms with Crippen LogP contribution in [0.3, 0.4) is 0 Å². The molecule has 4 rings (SSSR count). The Morgan fingerprint density at radius 1 is 0.750 bits per heavy atom. The second-order valence-corrected chi connectivity index (χ2v) is 9.25. The van der Waals surface area contributed by atoms with Crippen LogP contribution in [0.5, 0.6) is 0 Å². The van der Waals surface area contributed by atoms with Gasteiger partial charge in [0, 0.05) is 23.7 Å². The van der Waals surface area contributed by atoms with E-state index in [1.165, 1.54) is 21.6 Å². The van der Waals surface area contributed by atoms with E-state index in [1.54, 1.807) is 11.3 Å². The molecule has 0 unspecified atom stereocenters. The molecule has 1 aromatic carbocycles. The monoisotopic (exact) mass is 593 g/mol. The molecule has 2 aliphatic heterocycles. The van der Waals surface area contributed by atoms with Crippen molar-refractivity contribution < 1.29 is 50.9 Å². The van der Waals surface area contributed by atoms with Crippen molar-refractivity contribution in [2.45, 2.75) is 25.2 Å². The first-order valence-corrected chi connectivity index (χ1v) is 12.4. The Bertz CT molecular complexity index is 1210. The molecule has 0 atom stereocenters. The van der Waals surface area contributed by atoms with Gasteiger partial charge in [-0.25, -0.2) is 9.59 Å². The van der Waals surface area contributed by atoms with Crippen molar-refractivity contribution in [3.8, 4) is 0 Å². The van der Waals surface area contributed by atoms with E-state index in [1.807, 2.05) is 18.2 Å². The van der Waals surface area contributed by atoms with E-state index < -0.39 is 24.3 Å². The van der Waals surface area contributed by atoms with Crippen LogP contribution in [0.4, 0.5) is 32.0 Å². The number of carboxylic acid groups (broad SMARTS) is 2. The fourth-order valence-corrected chi connectivity index (χ4v) is 4.29. The van der Waals surface area contributed by atoms with Gasteiger partial charge in [0.1, 0.15) is 0 Å². The van der Waals surface area contributed by atoms with Crippen LogP contribution in [0.2, 0.25) is 0 Å². The molecule has 5 N–H and O–H groups in total. The van der Waals surface area contributed by atoms with Crippen molar-refractivity contribution in [2.24, 2.45) is 0 Å². The normalized spacial score (nSPS) is 15.2. The zero-order chi connectivity index (χ0) is 29.9. The third-order valence-corrected chi connectivity index (χ3v) is 6.43. The van der Waals surface area contributed by atoms with Crippen molar-refractivity contribution >= 4 is 46.0 Å². The summed E-state index contributed by atoms with van der Waals surface area (Å²) in [6, 6.07) is 12.1. The molecule has 2 aliphatic rings. The molecule has 0 saturated carbocycles. The van der Waals surface area contributed by atoms with Crippen LogP contribution in [0.1, 0.15) is 33.0 Å². The number of hydrogen-bond donors (Lipinski definition) is 5. The highest BCUT2D eigenvalue weighted by atomic mass is 32.1. The lowest BCUT2D eigenvalue weighted by Crippen LogP contribution is -2.21. The molecule has 2 aromatic rings. The number of alkyl halides is 6. The number of aliphatic carboxylic acids is 2. The minimum Gasteiger partial charge on any atom is -0.475 e. The number of carbonyl (C=O) groups excluding carboxylic acids is 1. The summed E-state index contributed by atoms with van der Waals surface area (Å²) in [6.07, 6.45) is -3.64. The summed E-state index contributed by atoms with van der Waals surface area (Å²) in [4.78, 5) is 32.3. The number of halogens is 6. The van der Waals surface area contributed by atoms with Crippen molar-refractivity contribution in [1.29, 1.82) is 0 Å². The molecule has 8 nitrogen and oxygen atoms in total. The van der Waals surface area contributed by atoms with Gasteiger partial charge < -0.3 is 26.2 Å². The smallest absolute Gasteiger partial charge is 0.475 e. The first-order valence-electron chi connectivity index (χ1n) is 11.6. The predicted octanol–water partition coefficient (Wildman–Crippen LogP) is 5.02. The number of benzene rings is 1. The molecule has 0 aliphatic carbocycles. The average Bonchev–Trinajstić information content (AvgIpc) is 3.41. The lowest BCUT2D eigenvalue weighted by molar-refractivity contribution is -0.193. The Kier molecular flexibility index (Phi) is 11.9. The SMILES string of the molecule is O=C(Nc1ccc(C2=CCNCC2)cc1)c1ccc(C2=CCNCC2)s1.O=C(O)C(F)(F)F.O=C(O)C(F)(F)F. The molecule has 0 spiro atoms. The van der Waals surface area contributed by atoms with Gasteiger partial charge in [-0.15, -0.1) is 11.3 Å². The van der Waals surface area contributed by atoms with E-state index in [0.29, 0.717) is 0 Å². The maximum Gasteiger partial charge on any atom is 0.490 e. The van der Waals surface area contributed by atoms with Crippen molar-refractivity contribution in [3.63, 3.8) is 0 Å². The van der Waals surface area contributed by atoms with E-state index in [-0.39, 0.29) is 5.91 Å². The Labute approximate surface area is 228 Å². The number of hydrogen-bond acceptors (Lipinski definition) is 6. The molecule has 0 bridgehead atoms. The van der Waals surface area contributed by atoms with Crippen molar-refractivity contribution in [3.05, 3.63) is 63.9 Å². The summed E-state index contributed by atoms with van der Waals surface area (Å²) in [5.41, 5.74) is 4.79. The number of carbonyl (C=O) groups is 3. The summed E-state index contributed by atoms with van der Waals surface area (Å²) in [6.45, 7) is 3.87. The van der Waals surface area contributed by atoms with Gasteiger partial charge in [-0.1, -0.05) is 24.3 Å². The summed E-state index contributed by atoms with van der Waals surface area (Å²) >= 11 is 1.57. The maximum atomic E-state index is 12.5. The van der Waals surface area contributed by atoms with Gasteiger partial charge in [0.25, 0.3) is 5.91 Å². The maximum absolute atomic E-state index is 12.5. The largest absolute Gasteiger partial charge is 0.490 e. The first kappa shape index (κ1) is 32.5. The molecule has 218 valence electrons. The molecule has 0 saturated heterocycles. The zero-order valence-corrected chi connectivity index (χ0v) is 21.5. The van der Waals surface area contributed by atoms with Crippen LogP contribution in [-0.4, -0.2) is 66.6 Å². The van der Waals surface area contributed by atoms with Crippen LogP contribution < -0.4 is 16.0 Å². The molecular formula is C25H25F6N3O5S. The van der Waals surface area contributed by atoms with E-state index in [4.69, 9.17) is 19.8 Å². The highest BCUT2D eigenvalue weighted by molar-refractivity contribution is 7.15. The summed E-state index contributed by atoms with van der Waals surface area (Å²) in [7, 11) is 0. The van der Waals surface area contributed by atoms with E-state index in [2.05, 4.69) is 46.3 Å². The topological polar surface area (TPSA) is 128 Å². The van der Waals surface area contributed by atoms with Crippen molar-refractivity contribution in [1.82, 2.24) is 10.6 Å². The number of thiophene rings is 1. The lowest BCUT2D eigenvalue weighted by Gasteiger charge is -2.14. The molecule has 3 heterocycles. The van der Waals surface area contributed by atoms with Crippen LogP contribution >= 0.6 is 11.3 Å². The first-order chi connectivity index (χ1) is 18.7. The third-order valence-electron chi connectivity index (χ3n) is 5.27. The molecule has 1 aromatic heterocycles. The quantitative estimate of drug-likeness (QED) is 0.315. The molecule has 0 radical (unpaired) electrons. The van der Waals surface area contributed by atoms with Gasteiger partial charge in [-0.3, -0.25) is 4.79 Å². The Morgan fingerprint density at radius 3 is 1.65 bits per heavy atom. The number of amides is 1. The van der Waals surface area contributed by atoms with Crippen LogP contribution in [0.15, 0.2) is 48.6 Å². The minimum atomic E-state index is -5.08. The fourth-order valence-electron chi connectivity index (χ4n) is 3.32. The number of nitrogens with one attached hydrogen (secondary N) is 3. The van der Waals surface area contributed by atoms with Gasteiger partial charge in [-0.05, 0) is 66.9 Å². The molecule has 15 heteroatoms. The van der Waals surface area contributed by atoms with Gasteiger partial charge in [0.2, 0.25) is 0 Å². The molecule has 0 fully saturated rings. The summed E-state index contributed by atoms with van der Waals surface area (Å²) < 4.78 is 63.5. The van der Waals surface area contributed by atoms with Gasteiger partial charge >= 0.3 is 24.3 Å². The second-order valence-electron chi connectivity index (χ2n) is 8.17. The highest BCUT2D eigenvalue weighted by Crippen LogP contribution is 2.28. The average molecular weight is 594 g/mol. The standard InChI is InChI=1S/C21H23N3OS.2C2HF3O2/c25-21(20-6-5-19(26-20)17-9-13-23-14-10-17)24-18-3-1-15(2-4-18)16-7-11-22-12-8-16;2*3-2(4,5)1(6)7/h1-7,9,22-23H,8,10-14H2,(H,24,25);2*(H,6,7). The molecule has 40 heavy (non-hydrogen) atoms. The Morgan fingerprint density at radius 2 is 1.23 bits per heavy atom. The third kappa shape index (κ3) is 10.8. The van der Waals surface area contributed by atoms with Gasteiger partial charge in [0.15, 0.2) is 0 Å². The number of anilines is 1. The van der Waals surface area contributed by atoms with E-state index in [0.717, 1.165) is 49.6 Å². The summed E-state index contributed by atoms with van der Waals surface area (Å²) in [5, 5.41) is 23.9. The number of rotatable bonds is 4. The second kappa shape index (κ2) is 14.6. The number of carboxylic acids is 2. The lowest BCUT2D eigenvalue weighted by atomic mass is 10.0. The van der Waals surface area contributed by atoms with Crippen molar-refractivity contribution in [2.75, 3.05) is 31.5 Å². The zero-order valence-electron chi connectivity index (χ0n) is 20.7. The minimum absolute atomic E-state index is 0.0374. The highest BCUT2D eigenvalue weighted by Gasteiger charge is 2.38. The predicted molar refractivity (Wildman–Crippen MR) is 137 cm³/mol. The van der Waals surface area contributed by atoms with E-state index in [9.17, 15) is 31.1 Å². The van der Waals surface area contributed by atoms with Crippen LogP contribution in [0, 0.1) is 0 Å². The Hall–Kier alpha value is -3.69. The van der Waals surface area contributed by atoms with Gasteiger partial charge in [0.05, 0.1) is 4.88 Å². The van der Waals surface area contributed by atoms with Crippen LogP contribution in [-0.2, 0) is 9.59 Å². The summed E-state index contributed by atoms with van der Waals surface area (Å²) in [5.74, 6) is -5.55.